The van der Waals surface area contributed by atoms with Crippen molar-refractivity contribution >= 4 is 33.5 Å². The van der Waals surface area contributed by atoms with Gasteiger partial charge < -0.3 is 10.3 Å². The van der Waals surface area contributed by atoms with Gasteiger partial charge in [-0.1, -0.05) is 18.2 Å². The molecule has 3 aromatic heterocycles. The number of carbonyl (C=O) groups excluding carboxylic acids is 1. The molecule has 1 amide bonds. The first-order valence-electron chi connectivity index (χ1n) is 7.84. The topological polar surface area (TPSA) is 75.6 Å². The second-order valence-electron chi connectivity index (χ2n) is 6.04. The first-order chi connectivity index (χ1) is 11.6. The highest BCUT2D eigenvalue weighted by Crippen LogP contribution is 2.20. The highest BCUT2D eigenvalue weighted by Gasteiger charge is 2.12. The van der Waals surface area contributed by atoms with Gasteiger partial charge in [0.2, 0.25) is 0 Å². The summed E-state index contributed by atoms with van der Waals surface area (Å²) in [5.74, 6) is -0.191. The van der Waals surface area contributed by atoms with Crippen molar-refractivity contribution in [3.63, 3.8) is 0 Å². The lowest BCUT2D eigenvalue weighted by molar-refractivity contribution is 0.102. The van der Waals surface area contributed by atoms with E-state index in [0.29, 0.717) is 11.4 Å². The molecular formula is C18H17N5O. The summed E-state index contributed by atoms with van der Waals surface area (Å²) < 4.78 is 1.86. The van der Waals surface area contributed by atoms with Gasteiger partial charge in [0.25, 0.3) is 5.91 Å². The Morgan fingerprint density at radius 1 is 1.17 bits per heavy atom. The summed E-state index contributed by atoms with van der Waals surface area (Å²) in [7, 11) is 0. The van der Waals surface area contributed by atoms with Crippen molar-refractivity contribution < 1.29 is 4.79 Å². The largest absolute Gasteiger partial charge is 0.351 e. The van der Waals surface area contributed by atoms with Crippen molar-refractivity contribution in [1.29, 1.82) is 0 Å². The van der Waals surface area contributed by atoms with E-state index in [1.165, 1.54) is 0 Å². The molecule has 3 heterocycles. The van der Waals surface area contributed by atoms with Crippen molar-refractivity contribution in [1.82, 2.24) is 19.7 Å². The van der Waals surface area contributed by atoms with E-state index in [1.807, 2.05) is 41.1 Å². The summed E-state index contributed by atoms with van der Waals surface area (Å²) in [4.78, 5) is 20.0. The zero-order chi connectivity index (χ0) is 16.7. The third kappa shape index (κ3) is 2.42. The van der Waals surface area contributed by atoms with Gasteiger partial charge in [-0.2, -0.15) is 5.10 Å². The molecule has 0 saturated heterocycles. The predicted octanol–water partition coefficient (Wildman–Crippen LogP) is 3.75. The van der Waals surface area contributed by atoms with Gasteiger partial charge in [-0.05, 0) is 32.0 Å². The maximum absolute atomic E-state index is 12.4. The quantitative estimate of drug-likeness (QED) is 0.604. The number of H-pyrrole nitrogens is 1. The molecule has 6 heteroatoms. The molecule has 1 aromatic carbocycles. The molecule has 0 atom stereocenters. The number of anilines is 1. The van der Waals surface area contributed by atoms with Gasteiger partial charge in [0.1, 0.15) is 5.69 Å². The van der Waals surface area contributed by atoms with Crippen LogP contribution < -0.4 is 5.32 Å². The fraction of sp³-hybridized carbons (Fsp3) is 0.167. The van der Waals surface area contributed by atoms with Crippen LogP contribution in [0.4, 0.5) is 5.69 Å². The van der Waals surface area contributed by atoms with Crippen LogP contribution in [0, 0.1) is 0 Å². The first-order valence-corrected chi connectivity index (χ1v) is 7.84. The molecule has 0 unspecified atom stereocenters. The fourth-order valence-corrected chi connectivity index (χ4v) is 2.78. The molecule has 0 aliphatic carbocycles. The number of hydrogen-bond donors (Lipinski definition) is 2. The SMILES string of the molecule is CC(C)n1ncc2cc(NC(=O)c3cc4ccccc4[nH]3)cnc21. The van der Waals surface area contributed by atoms with Crippen molar-refractivity contribution in [2.45, 2.75) is 19.9 Å². The van der Waals surface area contributed by atoms with E-state index in [2.05, 4.69) is 34.2 Å². The average Bonchev–Trinajstić information content (AvgIpc) is 3.18. The lowest BCUT2D eigenvalue weighted by atomic mass is 10.2. The van der Waals surface area contributed by atoms with E-state index in [1.54, 1.807) is 12.4 Å². The predicted molar refractivity (Wildman–Crippen MR) is 94.2 cm³/mol. The van der Waals surface area contributed by atoms with Crippen LogP contribution >= 0.6 is 0 Å². The minimum absolute atomic E-state index is 0.191. The van der Waals surface area contributed by atoms with Crippen LogP contribution in [-0.2, 0) is 0 Å². The Morgan fingerprint density at radius 3 is 2.79 bits per heavy atom. The molecule has 0 fully saturated rings. The normalized spacial score (nSPS) is 11.5. The number of para-hydroxylation sites is 1. The maximum atomic E-state index is 12.4. The van der Waals surface area contributed by atoms with Crippen LogP contribution in [0.3, 0.4) is 0 Å². The maximum Gasteiger partial charge on any atom is 0.272 e. The van der Waals surface area contributed by atoms with Crippen molar-refractivity contribution in [2.75, 3.05) is 5.32 Å². The van der Waals surface area contributed by atoms with E-state index >= 15 is 0 Å². The number of rotatable bonds is 3. The number of pyridine rings is 1. The molecule has 2 N–H and O–H groups in total. The Kier molecular flexibility index (Phi) is 3.30. The first kappa shape index (κ1) is 14.4. The van der Waals surface area contributed by atoms with Crippen molar-refractivity contribution in [2.24, 2.45) is 0 Å². The van der Waals surface area contributed by atoms with Gasteiger partial charge in [0.05, 0.1) is 18.1 Å². The second-order valence-corrected chi connectivity index (χ2v) is 6.04. The summed E-state index contributed by atoms with van der Waals surface area (Å²) >= 11 is 0. The molecule has 0 spiro atoms. The Bertz CT molecular complexity index is 1010. The third-order valence-corrected chi connectivity index (χ3v) is 3.95. The lowest BCUT2D eigenvalue weighted by Gasteiger charge is -2.07. The molecule has 120 valence electrons. The minimum atomic E-state index is -0.191. The molecule has 0 aliphatic rings. The average molecular weight is 319 g/mol. The molecule has 0 saturated carbocycles. The van der Waals surface area contributed by atoms with Gasteiger partial charge in [-0.15, -0.1) is 0 Å². The Morgan fingerprint density at radius 2 is 2.00 bits per heavy atom. The Labute approximate surface area is 138 Å². The number of hydrogen-bond acceptors (Lipinski definition) is 3. The number of benzene rings is 1. The smallest absolute Gasteiger partial charge is 0.272 e. The summed E-state index contributed by atoms with van der Waals surface area (Å²) in [5.41, 5.74) is 2.92. The van der Waals surface area contributed by atoms with Crippen LogP contribution in [0.15, 0.2) is 48.8 Å². The van der Waals surface area contributed by atoms with E-state index in [0.717, 1.165) is 21.9 Å². The number of aromatic nitrogens is 4. The van der Waals surface area contributed by atoms with Gasteiger partial charge >= 0.3 is 0 Å². The van der Waals surface area contributed by atoms with Gasteiger partial charge in [-0.3, -0.25) is 4.79 Å². The van der Waals surface area contributed by atoms with Crippen molar-refractivity contribution in [3.05, 3.63) is 54.5 Å². The summed E-state index contributed by atoms with van der Waals surface area (Å²) in [5, 5.41) is 9.13. The summed E-state index contributed by atoms with van der Waals surface area (Å²) in [6.07, 6.45) is 3.42. The standard InChI is InChI=1S/C18H17N5O/c1-11(2)23-17-13(9-20-23)7-14(10-19-17)21-18(24)16-8-12-5-3-4-6-15(12)22-16/h3-11,22H,1-2H3,(H,21,24). The zero-order valence-corrected chi connectivity index (χ0v) is 13.4. The van der Waals surface area contributed by atoms with Crippen molar-refractivity contribution in [3.8, 4) is 0 Å². The molecule has 4 rings (SSSR count). The van der Waals surface area contributed by atoms with E-state index in [4.69, 9.17) is 0 Å². The number of carbonyl (C=O) groups is 1. The fourth-order valence-electron chi connectivity index (χ4n) is 2.78. The highest BCUT2D eigenvalue weighted by atomic mass is 16.1. The van der Waals surface area contributed by atoms with E-state index < -0.39 is 0 Å². The molecular weight excluding hydrogens is 302 g/mol. The Balaban J connectivity index is 1.62. The minimum Gasteiger partial charge on any atom is -0.351 e. The number of fused-ring (bicyclic) bond motifs is 2. The molecule has 0 radical (unpaired) electrons. The molecule has 4 aromatic rings. The number of amides is 1. The van der Waals surface area contributed by atoms with E-state index in [9.17, 15) is 4.79 Å². The van der Waals surface area contributed by atoms with Gasteiger partial charge in [-0.25, -0.2) is 9.67 Å². The number of nitrogens with one attached hydrogen (secondary N) is 2. The molecule has 0 bridgehead atoms. The monoisotopic (exact) mass is 319 g/mol. The second kappa shape index (κ2) is 5.49. The van der Waals surface area contributed by atoms with Gasteiger partial charge in [0.15, 0.2) is 5.65 Å². The molecule has 24 heavy (non-hydrogen) atoms. The lowest BCUT2D eigenvalue weighted by Crippen LogP contribution is -2.12. The molecule has 0 aliphatic heterocycles. The highest BCUT2D eigenvalue weighted by molar-refractivity contribution is 6.06. The number of nitrogens with zero attached hydrogens (tertiary/aromatic N) is 3. The molecule has 6 nitrogen and oxygen atoms in total. The summed E-state index contributed by atoms with van der Waals surface area (Å²) in [6, 6.07) is 11.8. The van der Waals surface area contributed by atoms with Crippen LogP contribution in [0.5, 0.6) is 0 Å². The van der Waals surface area contributed by atoms with Crippen LogP contribution in [0.2, 0.25) is 0 Å². The number of aromatic amines is 1. The third-order valence-electron chi connectivity index (χ3n) is 3.95. The van der Waals surface area contributed by atoms with Crippen LogP contribution in [0.25, 0.3) is 21.9 Å². The Hall–Kier alpha value is -3.15. The van der Waals surface area contributed by atoms with E-state index in [-0.39, 0.29) is 11.9 Å². The zero-order valence-electron chi connectivity index (χ0n) is 13.4. The summed E-state index contributed by atoms with van der Waals surface area (Å²) in [6.45, 7) is 4.11. The van der Waals surface area contributed by atoms with Crippen LogP contribution in [-0.4, -0.2) is 25.7 Å². The van der Waals surface area contributed by atoms with Crippen LogP contribution in [0.1, 0.15) is 30.4 Å². The van der Waals surface area contributed by atoms with Gasteiger partial charge in [0, 0.05) is 22.3 Å².